The van der Waals surface area contributed by atoms with Crippen molar-refractivity contribution in [3.63, 3.8) is 0 Å². The Bertz CT molecular complexity index is 393. The van der Waals surface area contributed by atoms with E-state index in [0.29, 0.717) is 12.0 Å². The molecule has 0 aliphatic carbocycles. The van der Waals surface area contributed by atoms with Crippen LogP contribution in [0.4, 0.5) is 10.1 Å². The Hall–Kier alpha value is -1.03. The molecule has 5 heteroatoms. The summed E-state index contributed by atoms with van der Waals surface area (Å²) in [4.78, 5) is 1.01. The summed E-state index contributed by atoms with van der Waals surface area (Å²) in [5.74, 6) is 0. The van der Waals surface area contributed by atoms with Gasteiger partial charge in [-0.25, -0.2) is 4.39 Å². The predicted molar refractivity (Wildman–Crippen MR) is 69.8 cm³/mol. The number of allylic oxidation sites excluding steroid dienone is 1. The molecule has 1 aromatic heterocycles. The number of hydrogen-bond acceptors (Lipinski definition) is 2. The van der Waals surface area contributed by atoms with Crippen molar-refractivity contribution in [1.29, 1.82) is 0 Å². The Morgan fingerprint density at radius 1 is 1.65 bits per heavy atom. The third kappa shape index (κ3) is 3.46. The third-order valence-corrected chi connectivity index (χ3v) is 2.54. The highest BCUT2D eigenvalue weighted by Gasteiger charge is 2.26. The largest absolute Gasteiger partial charge is 0.321 e. The van der Waals surface area contributed by atoms with Crippen LogP contribution < -0.4 is 4.90 Å². The fourth-order valence-corrected chi connectivity index (χ4v) is 2.03. The summed E-state index contributed by atoms with van der Waals surface area (Å²) in [7, 11) is 0. The molecule has 0 radical (unpaired) electrons. The molecule has 1 heterocycles. The summed E-state index contributed by atoms with van der Waals surface area (Å²) in [6.45, 7) is 8.24. The number of anilines is 1. The third-order valence-electron chi connectivity index (χ3n) is 2.37. The normalized spacial score (nSPS) is 12.9. The summed E-state index contributed by atoms with van der Waals surface area (Å²) in [6, 6.07) is 0. The molecular formula is C12H19ClFN3. The van der Waals surface area contributed by atoms with Crippen molar-refractivity contribution < 1.29 is 4.39 Å². The fraction of sp³-hybridized carbons (Fsp3) is 0.583. The van der Waals surface area contributed by atoms with E-state index in [-0.39, 0.29) is 0 Å². The molecule has 3 nitrogen and oxygen atoms in total. The monoisotopic (exact) mass is 259 g/mol. The van der Waals surface area contributed by atoms with E-state index in [4.69, 9.17) is 11.6 Å². The quantitative estimate of drug-likeness (QED) is 0.591. The van der Waals surface area contributed by atoms with Crippen LogP contribution in [0.15, 0.2) is 24.4 Å². The van der Waals surface area contributed by atoms with Gasteiger partial charge < -0.3 is 4.90 Å². The van der Waals surface area contributed by atoms with Crippen LogP contribution in [0, 0.1) is 0 Å². The molecular weight excluding hydrogens is 241 g/mol. The Balaban J connectivity index is 3.05. The molecule has 0 bridgehead atoms. The minimum atomic E-state index is -0.702. The molecule has 0 aromatic carbocycles. The maximum absolute atomic E-state index is 12.7. The van der Waals surface area contributed by atoms with Crippen molar-refractivity contribution in [2.24, 2.45) is 0 Å². The summed E-state index contributed by atoms with van der Waals surface area (Å²) in [5.41, 5.74) is 1.26. The van der Waals surface area contributed by atoms with Crippen molar-refractivity contribution in [3.05, 3.63) is 24.4 Å². The highest BCUT2D eigenvalue weighted by atomic mass is 35.5. The number of alkyl halides is 1. The maximum Gasteiger partial charge on any atom is 0.113 e. The standard InChI is InChI=1S/C12H19ClFN3/c1-5-6-16-9-11(8-15-16)17(10(2)7-14)12(3,4)13/h7-9H,5-6H2,1-4H3/b10-7-. The molecule has 0 unspecified atom stereocenters. The molecule has 0 fully saturated rings. The van der Waals surface area contributed by atoms with E-state index >= 15 is 0 Å². The first-order valence-corrected chi connectivity index (χ1v) is 6.06. The molecule has 1 aromatic rings. The second-order valence-electron chi connectivity index (χ2n) is 4.46. The zero-order chi connectivity index (χ0) is 13.1. The van der Waals surface area contributed by atoms with E-state index in [1.54, 1.807) is 18.0 Å². The van der Waals surface area contributed by atoms with Crippen molar-refractivity contribution >= 4 is 17.3 Å². The Morgan fingerprint density at radius 2 is 2.29 bits per heavy atom. The van der Waals surface area contributed by atoms with Crippen LogP contribution in [0.2, 0.25) is 0 Å². The minimum Gasteiger partial charge on any atom is -0.321 e. The average Bonchev–Trinajstić information content (AvgIpc) is 2.64. The van der Waals surface area contributed by atoms with Gasteiger partial charge in [0, 0.05) is 18.4 Å². The van der Waals surface area contributed by atoms with E-state index < -0.39 is 5.00 Å². The summed E-state index contributed by atoms with van der Waals surface area (Å²) in [6.07, 6.45) is 5.14. The zero-order valence-corrected chi connectivity index (χ0v) is 11.5. The SMILES string of the molecule is CCCn1cc(N(/C(C)=C\F)C(C)(C)Cl)cn1. The summed E-state index contributed by atoms with van der Waals surface area (Å²) in [5, 5.41) is 4.22. The van der Waals surface area contributed by atoms with Gasteiger partial charge in [0.2, 0.25) is 0 Å². The Labute approximate surface area is 107 Å². The highest BCUT2D eigenvalue weighted by molar-refractivity contribution is 6.25. The van der Waals surface area contributed by atoms with E-state index in [1.807, 2.05) is 24.7 Å². The summed E-state index contributed by atoms with van der Waals surface area (Å²) >= 11 is 6.28. The summed E-state index contributed by atoms with van der Waals surface area (Å²) < 4.78 is 14.5. The van der Waals surface area contributed by atoms with Gasteiger partial charge >= 0.3 is 0 Å². The second kappa shape index (κ2) is 5.54. The van der Waals surface area contributed by atoms with Crippen LogP contribution in [-0.4, -0.2) is 14.8 Å². The molecule has 0 spiro atoms. The van der Waals surface area contributed by atoms with Crippen LogP contribution in [-0.2, 0) is 6.54 Å². The minimum absolute atomic E-state index is 0.459. The molecule has 0 saturated carbocycles. The van der Waals surface area contributed by atoms with Gasteiger partial charge in [-0.2, -0.15) is 5.10 Å². The molecule has 1 rings (SSSR count). The van der Waals surface area contributed by atoms with Gasteiger partial charge in [-0.15, -0.1) is 0 Å². The first-order valence-electron chi connectivity index (χ1n) is 5.68. The zero-order valence-electron chi connectivity index (χ0n) is 10.7. The number of nitrogens with zero attached hydrogens (tertiary/aromatic N) is 3. The Morgan fingerprint density at radius 3 is 2.76 bits per heavy atom. The first kappa shape index (κ1) is 14.0. The van der Waals surface area contributed by atoms with Crippen molar-refractivity contribution in [2.75, 3.05) is 4.90 Å². The molecule has 0 atom stereocenters. The first-order chi connectivity index (χ1) is 7.90. The number of aryl methyl sites for hydroxylation is 1. The maximum atomic E-state index is 12.7. The molecule has 0 N–H and O–H groups in total. The van der Waals surface area contributed by atoms with Crippen molar-refractivity contribution in [1.82, 2.24) is 9.78 Å². The number of rotatable bonds is 5. The van der Waals surface area contributed by atoms with E-state index in [0.717, 1.165) is 18.7 Å². The fourth-order valence-electron chi connectivity index (χ4n) is 1.80. The smallest absolute Gasteiger partial charge is 0.113 e. The lowest BCUT2D eigenvalue weighted by Crippen LogP contribution is -2.37. The van der Waals surface area contributed by atoms with E-state index in [1.165, 1.54) is 0 Å². The van der Waals surface area contributed by atoms with Gasteiger partial charge in [-0.1, -0.05) is 18.5 Å². The van der Waals surface area contributed by atoms with Gasteiger partial charge in [0.15, 0.2) is 0 Å². The van der Waals surface area contributed by atoms with Crippen LogP contribution in [0.1, 0.15) is 34.1 Å². The number of halogens is 2. The van der Waals surface area contributed by atoms with E-state index in [2.05, 4.69) is 12.0 Å². The molecule has 96 valence electrons. The highest BCUT2D eigenvalue weighted by Crippen LogP contribution is 2.30. The second-order valence-corrected chi connectivity index (χ2v) is 5.38. The molecule has 0 saturated heterocycles. The van der Waals surface area contributed by atoms with E-state index in [9.17, 15) is 4.39 Å². The lowest BCUT2D eigenvalue weighted by Gasteiger charge is -2.34. The van der Waals surface area contributed by atoms with Crippen LogP contribution >= 0.6 is 11.6 Å². The van der Waals surface area contributed by atoms with Crippen molar-refractivity contribution in [3.8, 4) is 0 Å². The van der Waals surface area contributed by atoms with Gasteiger partial charge in [-0.05, 0) is 27.2 Å². The lowest BCUT2D eigenvalue weighted by molar-refractivity contribution is 0.601. The molecule has 17 heavy (non-hydrogen) atoms. The van der Waals surface area contributed by atoms with Gasteiger partial charge in [0.05, 0.1) is 11.9 Å². The molecule has 0 aliphatic heterocycles. The Kier molecular flexibility index (Phi) is 4.57. The number of hydrogen-bond donors (Lipinski definition) is 0. The predicted octanol–water partition coefficient (Wildman–Crippen LogP) is 3.91. The topological polar surface area (TPSA) is 21.1 Å². The molecule has 0 aliphatic rings. The van der Waals surface area contributed by atoms with Crippen LogP contribution in [0.3, 0.4) is 0 Å². The van der Waals surface area contributed by atoms with Gasteiger partial charge in [0.1, 0.15) is 11.3 Å². The number of aromatic nitrogens is 2. The molecule has 0 amide bonds. The average molecular weight is 260 g/mol. The van der Waals surface area contributed by atoms with Gasteiger partial charge in [-0.3, -0.25) is 4.68 Å². The van der Waals surface area contributed by atoms with Crippen LogP contribution in [0.25, 0.3) is 0 Å². The van der Waals surface area contributed by atoms with Crippen LogP contribution in [0.5, 0.6) is 0 Å². The van der Waals surface area contributed by atoms with Crippen molar-refractivity contribution in [2.45, 2.75) is 45.7 Å². The lowest BCUT2D eigenvalue weighted by atomic mass is 10.2. The van der Waals surface area contributed by atoms with Gasteiger partial charge in [0.25, 0.3) is 0 Å².